The van der Waals surface area contributed by atoms with Crippen molar-refractivity contribution < 1.29 is 4.74 Å². The van der Waals surface area contributed by atoms with Gasteiger partial charge in [-0.05, 0) is 56.0 Å². The Morgan fingerprint density at radius 3 is 3.21 bits per heavy atom. The first-order valence-electron chi connectivity index (χ1n) is 7.65. The van der Waals surface area contributed by atoms with Crippen molar-refractivity contribution in [2.45, 2.75) is 44.2 Å². The molecule has 1 aromatic carbocycles. The molecular formula is C16H22N2O. The second-order valence-corrected chi connectivity index (χ2v) is 6.12. The maximum Gasteiger partial charge on any atom is 0.122 e. The number of fused-ring (bicyclic) bond motifs is 2. The summed E-state index contributed by atoms with van der Waals surface area (Å²) >= 11 is 0. The topological polar surface area (TPSA) is 24.5 Å². The van der Waals surface area contributed by atoms with Crippen molar-refractivity contribution in [2.75, 3.05) is 25.0 Å². The van der Waals surface area contributed by atoms with E-state index in [1.54, 1.807) is 0 Å². The summed E-state index contributed by atoms with van der Waals surface area (Å²) in [5, 5.41) is 3.74. The third-order valence-electron chi connectivity index (χ3n) is 4.88. The van der Waals surface area contributed by atoms with Crippen molar-refractivity contribution >= 4 is 5.69 Å². The summed E-state index contributed by atoms with van der Waals surface area (Å²) < 4.78 is 5.57. The van der Waals surface area contributed by atoms with Crippen LogP contribution in [0.1, 0.15) is 31.2 Å². The molecular weight excluding hydrogens is 236 g/mol. The van der Waals surface area contributed by atoms with Gasteiger partial charge in [0.05, 0.1) is 6.61 Å². The van der Waals surface area contributed by atoms with Crippen LogP contribution < -0.4 is 10.1 Å². The molecule has 4 rings (SSSR count). The maximum absolute atomic E-state index is 5.57. The van der Waals surface area contributed by atoms with Crippen LogP contribution in [-0.2, 0) is 6.42 Å². The number of hydrogen-bond donors (Lipinski definition) is 1. The van der Waals surface area contributed by atoms with E-state index in [9.17, 15) is 0 Å². The number of rotatable bonds is 2. The van der Waals surface area contributed by atoms with E-state index in [-0.39, 0.29) is 0 Å². The van der Waals surface area contributed by atoms with E-state index in [1.165, 1.54) is 50.0 Å². The molecule has 102 valence electrons. The van der Waals surface area contributed by atoms with Crippen LogP contribution in [0.15, 0.2) is 18.2 Å². The lowest BCUT2D eigenvalue weighted by Crippen LogP contribution is -2.42. The largest absolute Gasteiger partial charge is 0.493 e. The van der Waals surface area contributed by atoms with Gasteiger partial charge in [-0.3, -0.25) is 0 Å². The van der Waals surface area contributed by atoms with Crippen LogP contribution >= 0.6 is 0 Å². The number of ether oxygens (including phenoxy) is 1. The molecule has 19 heavy (non-hydrogen) atoms. The first-order chi connectivity index (χ1) is 9.38. The van der Waals surface area contributed by atoms with Crippen LogP contribution in [0, 0.1) is 0 Å². The SMILES string of the molecule is c1cc2c(cc1NC1CCN3CCCC3C1)CCO2. The molecule has 2 unspecified atom stereocenters. The van der Waals surface area contributed by atoms with Gasteiger partial charge in [-0.15, -0.1) is 0 Å². The van der Waals surface area contributed by atoms with Crippen LogP contribution in [0.2, 0.25) is 0 Å². The summed E-state index contributed by atoms with van der Waals surface area (Å²) in [7, 11) is 0. The quantitative estimate of drug-likeness (QED) is 0.882. The van der Waals surface area contributed by atoms with Crippen LogP contribution in [0.4, 0.5) is 5.69 Å². The fraction of sp³-hybridized carbons (Fsp3) is 0.625. The minimum Gasteiger partial charge on any atom is -0.493 e. The van der Waals surface area contributed by atoms with Crippen LogP contribution in [0.5, 0.6) is 5.75 Å². The molecule has 1 N–H and O–H groups in total. The van der Waals surface area contributed by atoms with Gasteiger partial charge in [0.15, 0.2) is 0 Å². The number of nitrogens with one attached hydrogen (secondary N) is 1. The highest BCUT2D eigenvalue weighted by Crippen LogP contribution is 2.31. The Morgan fingerprint density at radius 1 is 1.21 bits per heavy atom. The highest BCUT2D eigenvalue weighted by Gasteiger charge is 2.31. The Balaban J connectivity index is 1.44. The molecule has 0 aromatic heterocycles. The first kappa shape index (κ1) is 11.6. The van der Waals surface area contributed by atoms with Crippen molar-refractivity contribution in [3.63, 3.8) is 0 Å². The molecule has 0 spiro atoms. The molecule has 3 heterocycles. The molecule has 0 radical (unpaired) electrons. The number of hydrogen-bond acceptors (Lipinski definition) is 3. The number of nitrogens with zero attached hydrogens (tertiary/aromatic N) is 1. The summed E-state index contributed by atoms with van der Waals surface area (Å²) in [6, 6.07) is 8.06. The predicted molar refractivity (Wildman–Crippen MR) is 76.9 cm³/mol. The number of anilines is 1. The zero-order valence-electron chi connectivity index (χ0n) is 11.4. The number of piperidine rings is 1. The summed E-state index contributed by atoms with van der Waals surface area (Å²) in [6.45, 7) is 3.45. The number of benzene rings is 1. The molecule has 2 atom stereocenters. The van der Waals surface area contributed by atoms with E-state index in [2.05, 4.69) is 28.4 Å². The van der Waals surface area contributed by atoms with Gasteiger partial charge < -0.3 is 15.0 Å². The lowest BCUT2D eigenvalue weighted by atomic mass is 9.97. The van der Waals surface area contributed by atoms with Crippen LogP contribution in [0.3, 0.4) is 0 Å². The second-order valence-electron chi connectivity index (χ2n) is 6.12. The van der Waals surface area contributed by atoms with Gasteiger partial charge in [0.25, 0.3) is 0 Å². The molecule has 3 nitrogen and oxygen atoms in total. The average molecular weight is 258 g/mol. The summed E-state index contributed by atoms with van der Waals surface area (Å²) in [5.74, 6) is 1.08. The molecule has 0 aliphatic carbocycles. The van der Waals surface area contributed by atoms with Gasteiger partial charge in [-0.2, -0.15) is 0 Å². The molecule has 3 aliphatic rings. The van der Waals surface area contributed by atoms with E-state index in [0.29, 0.717) is 6.04 Å². The Morgan fingerprint density at radius 2 is 2.21 bits per heavy atom. The Kier molecular flexibility index (Phi) is 2.87. The van der Waals surface area contributed by atoms with Gasteiger partial charge in [-0.1, -0.05) is 0 Å². The van der Waals surface area contributed by atoms with Crippen molar-refractivity contribution in [1.29, 1.82) is 0 Å². The first-order valence-corrected chi connectivity index (χ1v) is 7.65. The minimum atomic E-state index is 0.653. The third-order valence-corrected chi connectivity index (χ3v) is 4.88. The molecule has 0 bridgehead atoms. The predicted octanol–water partition coefficient (Wildman–Crippen LogP) is 2.66. The van der Waals surface area contributed by atoms with Crippen molar-refractivity contribution in [1.82, 2.24) is 4.90 Å². The van der Waals surface area contributed by atoms with Crippen molar-refractivity contribution in [2.24, 2.45) is 0 Å². The molecule has 1 aromatic rings. The fourth-order valence-electron chi connectivity index (χ4n) is 3.87. The lowest BCUT2D eigenvalue weighted by molar-refractivity contribution is 0.188. The Hall–Kier alpha value is -1.22. The summed E-state index contributed by atoms with van der Waals surface area (Å²) in [5.41, 5.74) is 2.64. The zero-order valence-corrected chi connectivity index (χ0v) is 11.4. The fourth-order valence-corrected chi connectivity index (χ4v) is 3.87. The van der Waals surface area contributed by atoms with E-state index >= 15 is 0 Å². The molecule has 2 saturated heterocycles. The van der Waals surface area contributed by atoms with E-state index in [1.807, 2.05) is 0 Å². The summed E-state index contributed by atoms with van der Waals surface area (Å²) in [6.07, 6.45) is 6.45. The van der Waals surface area contributed by atoms with Gasteiger partial charge in [0.1, 0.15) is 5.75 Å². The highest BCUT2D eigenvalue weighted by molar-refractivity contribution is 5.53. The molecule has 3 aliphatic heterocycles. The van der Waals surface area contributed by atoms with E-state index < -0.39 is 0 Å². The van der Waals surface area contributed by atoms with Crippen molar-refractivity contribution in [3.8, 4) is 5.75 Å². The zero-order chi connectivity index (χ0) is 12.7. The standard InChI is InChI=1S/C16H22N2O/c1-2-15-11-14(5-8-18(15)7-1)17-13-3-4-16-12(10-13)6-9-19-16/h3-4,10,14-15,17H,1-2,5-9,11H2. The Labute approximate surface area is 114 Å². The van der Waals surface area contributed by atoms with Crippen molar-refractivity contribution in [3.05, 3.63) is 23.8 Å². The van der Waals surface area contributed by atoms with Gasteiger partial charge >= 0.3 is 0 Å². The normalized spacial score (nSPS) is 29.7. The average Bonchev–Trinajstić information content (AvgIpc) is 3.05. The smallest absolute Gasteiger partial charge is 0.122 e. The second kappa shape index (κ2) is 4.71. The third kappa shape index (κ3) is 2.20. The molecule has 0 saturated carbocycles. The molecule has 3 heteroatoms. The monoisotopic (exact) mass is 258 g/mol. The Bertz CT molecular complexity index is 474. The molecule has 0 amide bonds. The summed E-state index contributed by atoms with van der Waals surface area (Å²) in [4.78, 5) is 2.68. The lowest BCUT2D eigenvalue weighted by Gasteiger charge is -2.35. The van der Waals surface area contributed by atoms with E-state index in [0.717, 1.165) is 24.8 Å². The highest BCUT2D eigenvalue weighted by atomic mass is 16.5. The minimum absolute atomic E-state index is 0.653. The van der Waals surface area contributed by atoms with Crippen LogP contribution in [-0.4, -0.2) is 36.7 Å². The molecule has 2 fully saturated rings. The van der Waals surface area contributed by atoms with Gasteiger partial charge in [0, 0.05) is 30.7 Å². The maximum atomic E-state index is 5.57. The van der Waals surface area contributed by atoms with Gasteiger partial charge in [-0.25, -0.2) is 0 Å². The van der Waals surface area contributed by atoms with E-state index in [4.69, 9.17) is 4.74 Å². The van der Waals surface area contributed by atoms with Crippen LogP contribution in [0.25, 0.3) is 0 Å². The van der Waals surface area contributed by atoms with Gasteiger partial charge in [0.2, 0.25) is 0 Å².